The summed E-state index contributed by atoms with van der Waals surface area (Å²) in [6.45, 7) is 0. The van der Waals surface area contributed by atoms with Gasteiger partial charge in [-0.2, -0.15) is 0 Å². The topological polar surface area (TPSA) is 61.6 Å². The number of nitrogens with two attached hydrogens (primary N) is 1. The normalized spacial score (nSPS) is 18.8. The number of carbonyl (C=O) groups excluding carboxylic acids is 1. The fourth-order valence-corrected chi connectivity index (χ4v) is 7.64. The Labute approximate surface area is 262 Å². The number of hydrogen-bond acceptors (Lipinski definition) is 4. The largest absolute Gasteiger partial charge is 0.343 e. The number of carbonyl (C=O) groups is 1. The number of halogens is 2. The van der Waals surface area contributed by atoms with Crippen molar-refractivity contribution in [3.63, 3.8) is 0 Å². The maximum absolute atomic E-state index is 13.1. The highest BCUT2D eigenvalue weighted by Gasteiger charge is 2.45. The standard InChI is InChI=1S/C21H24Cl2N2O.C14H22N2/c1-25(2)21(13-6-7-14-21)19(15-9-4-3-5-10-15)24-20(26)18-16(22)11-8-12-17(18)23;1-16(2)14(10-6-7-11-14)13(15)12-8-4-3-5-9-12/h3-5,8-12,19H,6-7,13-14H2,1-2H3,(H,24,26);3-5,8-9,13H,6-7,10-11,15H2,1-2H3. The third kappa shape index (κ3) is 6.87. The zero-order valence-corrected chi connectivity index (χ0v) is 27.0. The van der Waals surface area contributed by atoms with E-state index in [4.69, 9.17) is 28.9 Å². The molecule has 3 N–H and O–H groups in total. The Morgan fingerprint density at radius 2 is 1.12 bits per heavy atom. The zero-order chi connectivity index (χ0) is 30.3. The maximum Gasteiger partial charge on any atom is 0.254 e. The molecule has 2 atom stereocenters. The fraction of sp³-hybridized carbons (Fsp3) is 0.457. The quantitative estimate of drug-likeness (QED) is 0.273. The molecule has 5 nitrogen and oxygen atoms in total. The van der Waals surface area contributed by atoms with Crippen molar-refractivity contribution in [1.29, 1.82) is 0 Å². The molecule has 0 bridgehead atoms. The van der Waals surface area contributed by atoms with E-state index < -0.39 is 0 Å². The molecule has 42 heavy (non-hydrogen) atoms. The van der Waals surface area contributed by atoms with E-state index in [9.17, 15) is 4.79 Å². The van der Waals surface area contributed by atoms with Crippen molar-refractivity contribution in [2.45, 2.75) is 74.5 Å². The number of hydrogen-bond donors (Lipinski definition) is 2. The van der Waals surface area contributed by atoms with Crippen molar-refractivity contribution in [3.05, 3.63) is 106 Å². The second-order valence-corrected chi connectivity index (χ2v) is 13.0. The Morgan fingerprint density at radius 3 is 1.57 bits per heavy atom. The van der Waals surface area contributed by atoms with Gasteiger partial charge < -0.3 is 20.9 Å². The predicted molar refractivity (Wildman–Crippen MR) is 176 cm³/mol. The van der Waals surface area contributed by atoms with Crippen LogP contribution in [-0.4, -0.2) is 55.0 Å². The molecule has 7 heteroatoms. The van der Waals surface area contributed by atoms with Gasteiger partial charge in [-0.1, -0.05) is 116 Å². The highest BCUT2D eigenvalue weighted by Crippen LogP contribution is 2.44. The summed E-state index contributed by atoms with van der Waals surface area (Å²) in [5, 5.41) is 3.98. The molecule has 0 radical (unpaired) electrons. The van der Waals surface area contributed by atoms with Gasteiger partial charge in [0.1, 0.15) is 0 Å². The summed E-state index contributed by atoms with van der Waals surface area (Å²) in [6.07, 6.45) is 9.43. The van der Waals surface area contributed by atoms with Crippen molar-refractivity contribution < 1.29 is 4.79 Å². The summed E-state index contributed by atoms with van der Waals surface area (Å²) in [5.41, 5.74) is 9.24. The highest BCUT2D eigenvalue weighted by molar-refractivity contribution is 6.39. The molecule has 5 rings (SSSR count). The molecule has 0 aliphatic heterocycles. The number of amides is 1. The van der Waals surface area contributed by atoms with E-state index >= 15 is 0 Å². The second kappa shape index (κ2) is 14.4. The van der Waals surface area contributed by atoms with Gasteiger partial charge in [0, 0.05) is 17.1 Å². The van der Waals surface area contributed by atoms with Crippen LogP contribution in [0.5, 0.6) is 0 Å². The van der Waals surface area contributed by atoms with E-state index in [2.05, 4.69) is 79.7 Å². The number of rotatable bonds is 8. The minimum atomic E-state index is -0.234. The smallest absolute Gasteiger partial charge is 0.254 e. The average molecular weight is 610 g/mol. The summed E-state index contributed by atoms with van der Waals surface area (Å²) in [5.74, 6) is -0.234. The second-order valence-electron chi connectivity index (χ2n) is 12.2. The van der Waals surface area contributed by atoms with E-state index in [1.165, 1.54) is 31.2 Å². The van der Waals surface area contributed by atoms with Crippen LogP contribution >= 0.6 is 23.2 Å². The highest BCUT2D eigenvalue weighted by atomic mass is 35.5. The molecule has 2 aliphatic rings. The van der Waals surface area contributed by atoms with Gasteiger partial charge >= 0.3 is 0 Å². The fourth-order valence-electron chi connectivity index (χ4n) is 7.07. The molecule has 226 valence electrons. The summed E-state index contributed by atoms with van der Waals surface area (Å²) in [4.78, 5) is 17.7. The summed E-state index contributed by atoms with van der Waals surface area (Å²) < 4.78 is 0. The molecule has 0 spiro atoms. The maximum atomic E-state index is 13.1. The van der Waals surface area contributed by atoms with Crippen molar-refractivity contribution >= 4 is 29.1 Å². The Morgan fingerprint density at radius 1 is 0.690 bits per heavy atom. The van der Waals surface area contributed by atoms with E-state index in [1.54, 1.807) is 18.2 Å². The first kappa shape index (κ1) is 32.5. The molecular formula is C35H46Cl2N4O. The van der Waals surface area contributed by atoms with Gasteiger partial charge in [0.15, 0.2) is 0 Å². The molecule has 0 saturated heterocycles. The molecule has 2 aliphatic carbocycles. The minimum Gasteiger partial charge on any atom is -0.343 e. The van der Waals surface area contributed by atoms with Crippen LogP contribution in [-0.2, 0) is 0 Å². The zero-order valence-electron chi connectivity index (χ0n) is 25.5. The monoisotopic (exact) mass is 608 g/mol. The van der Waals surface area contributed by atoms with Crippen LogP contribution in [0.3, 0.4) is 0 Å². The van der Waals surface area contributed by atoms with Gasteiger partial charge in [-0.05, 0) is 77.1 Å². The van der Waals surface area contributed by atoms with Crippen molar-refractivity contribution in [1.82, 2.24) is 15.1 Å². The molecule has 2 saturated carbocycles. The molecule has 0 aromatic heterocycles. The van der Waals surface area contributed by atoms with E-state index in [0.29, 0.717) is 15.6 Å². The molecule has 3 aromatic carbocycles. The lowest BCUT2D eigenvalue weighted by atomic mass is 9.82. The van der Waals surface area contributed by atoms with Gasteiger partial charge in [-0.25, -0.2) is 0 Å². The molecule has 1 amide bonds. The van der Waals surface area contributed by atoms with E-state index in [1.807, 2.05) is 24.3 Å². The van der Waals surface area contributed by atoms with Crippen LogP contribution in [0.25, 0.3) is 0 Å². The lowest BCUT2D eigenvalue weighted by molar-refractivity contribution is 0.0766. The Bertz CT molecular complexity index is 1270. The molecule has 3 aromatic rings. The van der Waals surface area contributed by atoms with Gasteiger partial charge in [0.05, 0.1) is 21.7 Å². The van der Waals surface area contributed by atoms with Crippen LogP contribution in [0.15, 0.2) is 78.9 Å². The number of nitrogens with zero attached hydrogens (tertiary/aromatic N) is 2. The Balaban J connectivity index is 0.000000216. The number of nitrogens with one attached hydrogen (secondary N) is 1. The van der Waals surface area contributed by atoms with Crippen LogP contribution in [0.4, 0.5) is 0 Å². The van der Waals surface area contributed by atoms with Gasteiger partial charge in [0.25, 0.3) is 5.91 Å². The van der Waals surface area contributed by atoms with Gasteiger partial charge in [-0.15, -0.1) is 0 Å². The third-order valence-corrected chi connectivity index (χ3v) is 10.2. The van der Waals surface area contributed by atoms with Crippen molar-refractivity contribution in [2.75, 3.05) is 28.2 Å². The number of benzene rings is 3. The summed E-state index contributed by atoms with van der Waals surface area (Å²) in [7, 11) is 8.51. The Hall–Kier alpha value is -2.41. The lowest BCUT2D eigenvalue weighted by Crippen LogP contribution is -2.53. The van der Waals surface area contributed by atoms with Gasteiger partial charge in [-0.3, -0.25) is 4.79 Å². The molecular weight excluding hydrogens is 563 g/mol. The van der Waals surface area contributed by atoms with Crippen molar-refractivity contribution in [2.24, 2.45) is 5.73 Å². The van der Waals surface area contributed by atoms with Crippen LogP contribution in [0.2, 0.25) is 10.0 Å². The molecule has 2 fully saturated rings. The third-order valence-electron chi connectivity index (χ3n) is 9.59. The van der Waals surface area contributed by atoms with Gasteiger partial charge in [0.2, 0.25) is 0 Å². The van der Waals surface area contributed by atoms with Crippen LogP contribution in [0.1, 0.15) is 84.9 Å². The predicted octanol–water partition coefficient (Wildman–Crippen LogP) is 7.90. The van der Waals surface area contributed by atoms with E-state index in [-0.39, 0.29) is 29.1 Å². The molecule has 0 heterocycles. The van der Waals surface area contributed by atoms with Crippen molar-refractivity contribution in [3.8, 4) is 0 Å². The first-order valence-corrected chi connectivity index (χ1v) is 15.8. The molecule has 2 unspecified atom stereocenters. The lowest BCUT2D eigenvalue weighted by Gasteiger charge is -2.44. The summed E-state index contributed by atoms with van der Waals surface area (Å²) in [6, 6.07) is 25.8. The Kier molecular flexibility index (Phi) is 11.1. The SMILES string of the molecule is CN(C)C1(C(N)c2ccccc2)CCCC1.CN(C)C1(C(NC(=O)c2c(Cl)cccc2Cl)c2ccccc2)CCCC1. The number of likely N-dealkylation sites (N-methyl/N-ethyl adjacent to an activating group) is 2. The first-order valence-electron chi connectivity index (χ1n) is 15.1. The average Bonchev–Trinajstić information content (AvgIpc) is 3.69. The van der Waals surface area contributed by atoms with Crippen LogP contribution < -0.4 is 11.1 Å². The summed E-state index contributed by atoms with van der Waals surface area (Å²) >= 11 is 12.5. The first-order chi connectivity index (χ1) is 20.1. The van der Waals surface area contributed by atoms with Crippen LogP contribution in [0, 0.1) is 0 Å². The van der Waals surface area contributed by atoms with E-state index in [0.717, 1.165) is 31.2 Å². The minimum absolute atomic E-state index is 0.120.